The van der Waals surface area contributed by atoms with Crippen molar-refractivity contribution in [2.24, 2.45) is 0 Å². The van der Waals surface area contributed by atoms with Crippen molar-refractivity contribution < 1.29 is 18.3 Å². The minimum Gasteiger partial charge on any atom is -0.379 e. The molecule has 1 aliphatic rings. The summed E-state index contributed by atoms with van der Waals surface area (Å²) in [5.41, 5.74) is -1.72. The normalized spacial score (nSPS) is 29.5. The Bertz CT molecular complexity index is 239. The highest BCUT2D eigenvalue weighted by Gasteiger charge is 2.56. The van der Waals surface area contributed by atoms with E-state index in [0.717, 1.165) is 5.57 Å². The first-order valence-corrected chi connectivity index (χ1v) is 4.40. The predicted octanol–water partition coefficient (Wildman–Crippen LogP) is 1.56. The second-order valence-electron chi connectivity index (χ2n) is 3.95. The zero-order chi connectivity index (χ0) is 11.0. The molecule has 0 saturated carbocycles. The fourth-order valence-electron chi connectivity index (χ4n) is 1.62. The number of β-amino-alcohol motifs (C(OH)–C–C–N with tert-alkyl or cyclic N) is 1. The maximum Gasteiger partial charge on any atom is 0.418 e. The van der Waals surface area contributed by atoms with Crippen molar-refractivity contribution in [2.75, 3.05) is 19.6 Å². The van der Waals surface area contributed by atoms with E-state index in [9.17, 15) is 18.3 Å². The Labute approximate surface area is 81.0 Å². The van der Waals surface area contributed by atoms with Crippen molar-refractivity contribution in [3.8, 4) is 0 Å². The van der Waals surface area contributed by atoms with Crippen molar-refractivity contribution in [3.63, 3.8) is 0 Å². The van der Waals surface area contributed by atoms with Gasteiger partial charge in [-0.15, -0.1) is 0 Å². The van der Waals surface area contributed by atoms with E-state index in [1.54, 1.807) is 11.8 Å². The Hall–Kier alpha value is -0.550. The second kappa shape index (κ2) is 3.55. The highest BCUT2D eigenvalue weighted by molar-refractivity contribution is 5.00. The summed E-state index contributed by atoms with van der Waals surface area (Å²) in [6.45, 7) is 5.72. The smallest absolute Gasteiger partial charge is 0.379 e. The van der Waals surface area contributed by atoms with Crippen LogP contribution in [0.2, 0.25) is 0 Å². The summed E-state index contributed by atoms with van der Waals surface area (Å²) in [7, 11) is 0. The SMILES string of the molecule is C=C(C)CN1CCC(O)(C(F)(F)F)C1. The summed E-state index contributed by atoms with van der Waals surface area (Å²) in [5.74, 6) is 0. The molecule has 1 saturated heterocycles. The molecule has 1 atom stereocenters. The predicted molar refractivity (Wildman–Crippen MR) is 46.9 cm³/mol. The van der Waals surface area contributed by atoms with E-state index in [-0.39, 0.29) is 19.5 Å². The molecule has 2 nitrogen and oxygen atoms in total. The van der Waals surface area contributed by atoms with Gasteiger partial charge in [-0.05, 0) is 13.3 Å². The lowest BCUT2D eigenvalue weighted by Gasteiger charge is -2.26. The molecule has 14 heavy (non-hydrogen) atoms. The molecule has 82 valence electrons. The molecule has 0 bridgehead atoms. The van der Waals surface area contributed by atoms with Crippen molar-refractivity contribution in [1.29, 1.82) is 0 Å². The zero-order valence-corrected chi connectivity index (χ0v) is 8.06. The molecule has 0 spiro atoms. The van der Waals surface area contributed by atoms with Crippen LogP contribution >= 0.6 is 0 Å². The van der Waals surface area contributed by atoms with Gasteiger partial charge in [0.1, 0.15) is 0 Å². The number of nitrogens with zero attached hydrogens (tertiary/aromatic N) is 1. The first-order chi connectivity index (χ1) is 6.24. The van der Waals surface area contributed by atoms with Crippen LogP contribution in [0.3, 0.4) is 0 Å². The van der Waals surface area contributed by atoms with Gasteiger partial charge < -0.3 is 5.11 Å². The van der Waals surface area contributed by atoms with Crippen LogP contribution in [-0.4, -0.2) is 41.4 Å². The summed E-state index contributed by atoms with van der Waals surface area (Å²) in [4.78, 5) is 1.57. The van der Waals surface area contributed by atoms with Gasteiger partial charge >= 0.3 is 6.18 Å². The van der Waals surface area contributed by atoms with Crippen LogP contribution in [0.5, 0.6) is 0 Å². The molecule has 1 aliphatic heterocycles. The van der Waals surface area contributed by atoms with Gasteiger partial charge in [0.2, 0.25) is 0 Å². The third-order valence-corrected chi connectivity index (χ3v) is 2.35. The van der Waals surface area contributed by atoms with Gasteiger partial charge in [0, 0.05) is 19.6 Å². The van der Waals surface area contributed by atoms with E-state index in [0.29, 0.717) is 6.54 Å². The average Bonchev–Trinajstić information content (AvgIpc) is 2.30. The van der Waals surface area contributed by atoms with E-state index < -0.39 is 11.8 Å². The first kappa shape index (κ1) is 11.5. The van der Waals surface area contributed by atoms with Crippen LogP contribution in [0.4, 0.5) is 13.2 Å². The van der Waals surface area contributed by atoms with Gasteiger partial charge in [0.05, 0.1) is 0 Å². The highest BCUT2D eigenvalue weighted by atomic mass is 19.4. The van der Waals surface area contributed by atoms with Crippen LogP contribution in [0.1, 0.15) is 13.3 Å². The van der Waals surface area contributed by atoms with Crippen LogP contribution in [0.25, 0.3) is 0 Å². The second-order valence-corrected chi connectivity index (χ2v) is 3.95. The third kappa shape index (κ3) is 2.27. The van der Waals surface area contributed by atoms with Gasteiger partial charge in [0.15, 0.2) is 5.60 Å². The lowest BCUT2D eigenvalue weighted by atomic mass is 10.0. The van der Waals surface area contributed by atoms with E-state index >= 15 is 0 Å². The Morgan fingerprint density at radius 2 is 2.14 bits per heavy atom. The molecular formula is C9H14F3NO. The molecule has 1 fully saturated rings. The molecule has 1 N–H and O–H groups in total. The summed E-state index contributed by atoms with van der Waals surface area (Å²) in [6.07, 6.45) is -4.78. The largest absolute Gasteiger partial charge is 0.418 e. The standard InChI is InChI=1S/C9H14F3NO/c1-7(2)5-13-4-3-8(14,6-13)9(10,11)12/h14H,1,3-6H2,2H3. The van der Waals surface area contributed by atoms with Crippen molar-refractivity contribution in [1.82, 2.24) is 4.90 Å². The van der Waals surface area contributed by atoms with E-state index in [1.165, 1.54) is 0 Å². The molecule has 1 unspecified atom stereocenters. The van der Waals surface area contributed by atoms with Crippen molar-refractivity contribution in [3.05, 3.63) is 12.2 Å². The molecule has 1 heterocycles. The molecule has 0 aromatic carbocycles. The lowest BCUT2D eigenvalue weighted by Crippen LogP contribution is -2.47. The first-order valence-electron chi connectivity index (χ1n) is 4.40. The molecule has 5 heteroatoms. The van der Waals surface area contributed by atoms with Gasteiger partial charge in [-0.25, -0.2) is 0 Å². The molecule has 0 aromatic heterocycles. The van der Waals surface area contributed by atoms with Crippen molar-refractivity contribution in [2.45, 2.75) is 25.1 Å². The summed E-state index contributed by atoms with van der Waals surface area (Å²) >= 11 is 0. The lowest BCUT2D eigenvalue weighted by molar-refractivity contribution is -0.253. The molecule has 1 rings (SSSR count). The zero-order valence-electron chi connectivity index (χ0n) is 8.06. The van der Waals surface area contributed by atoms with Crippen LogP contribution in [0, 0.1) is 0 Å². The molecule has 0 aromatic rings. The Kier molecular flexibility index (Phi) is 2.92. The fraction of sp³-hybridized carbons (Fsp3) is 0.778. The molecular weight excluding hydrogens is 195 g/mol. The van der Waals surface area contributed by atoms with Crippen molar-refractivity contribution >= 4 is 0 Å². The summed E-state index contributed by atoms with van der Waals surface area (Å²) in [6, 6.07) is 0. The minimum atomic E-state index is -4.53. The Morgan fingerprint density at radius 1 is 1.57 bits per heavy atom. The fourth-order valence-corrected chi connectivity index (χ4v) is 1.62. The quantitative estimate of drug-likeness (QED) is 0.698. The van der Waals surface area contributed by atoms with Crippen LogP contribution < -0.4 is 0 Å². The Balaban J connectivity index is 2.60. The van der Waals surface area contributed by atoms with E-state index in [4.69, 9.17) is 0 Å². The van der Waals surface area contributed by atoms with Gasteiger partial charge in [-0.1, -0.05) is 12.2 Å². The third-order valence-electron chi connectivity index (χ3n) is 2.35. The molecule has 0 radical (unpaired) electrons. The number of aliphatic hydroxyl groups is 1. The van der Waals surface area contributed by atoms with Gasteiger partial charge in [0.25, 0.3) is 0 Å². The summed E-state index contributed by atoms with van der Waals surface area (Å²) in [5, 5.41) is 9.31. The summed E-state index contributed by atoms with van der Waals surface area (Å²) < 4.78 is 37.1. The molecule has 0 aliphatic carbocycles. The maximum atomic E-state index is 12.4. The number of rotatable bonds is 2. The monoisotopic (exact) mass is 209 g/mol. The van der Waals surface area contributed by atoms with Crippen LogP contribution in [-0.2, 0) is 0 Å². The topological polar surface area (TPSA) is 23.5 Å². The minimum absolute atomic E-state index is 0.246. The van der Waals surface area contributed by atoms with Gasteiger partial charge in [-0.3, -0.25) is 4.90 Å². The average molecular weight is 209 g/mol. The number of halogens is 3. The number of alkyl halides is 3. The number of hydrogen-bond acceptors (Lipinski definition) is 2. The Morgan fingerprint density at radius 3 is 2.50 bits per heavy atom. The number of likely N-dealkylation sites (tertiary alicyclic amines) is 1. The van der Waals surface area contributed by atoms with E-state index in [2.05, 4.69) is 6.58 Å². The molecule has 0 amide bonds. The maximum absolute atomic E-state index is 12.4. The van der Waals surface area contributed by atoms with Crippen LogP contribution in [0.15, 0.2) is 12.2 Å². The number of hydrogen-bond donors (Lipinski definition) is 1. The highest BCUT2D eigenvalue weighted by Crippen LogP contribution is 2.37. The van der Waals surface area contributed by atoms with E-state index in [1.807, 2.05) is 0 Å². The van der Waals surface area contributed by atoms with Gasteiger partial charge in [-0.2, -0.15) is 13.2 Å².